The molecule has 0 aliphatic carbocycles. The molecule has 0 bridgehead atoms. The Balaban J connectivity index is 3.49. The minimum atomic E-state index is -0.932. The maximum atomic E-state index is 10.7. The van der Waals surface area contributed by atoms with E-state index in [-0.39, 0.29) is 0 Å². The van der Waals surface area contributed by atoms with Gasteiger partial charge in [0.2, 0.25) is 0 Å². The van der Waals surface area contributed by atoms with Crippen LogP contribution in [0, 0.1) is 6.92 Å². The summed E-state index contributed by atoms with van der Waals surface area (Å²) in [5.74, 6) is 0. The molecule has 41 valence electrons. The third-order valence-corrected chi connectivity index (χ3v) is 3.84. The summed E-state index contributed by atoms with van der Waals surface area (Å²) in [7, 11) is 0. The Morgan fingerprint density at radius 3 is 2.38 bits per heavy atom. The summed E-state index contributed by atoms with van der Waals surface area (Å²) in [5.41, 5.74) is 0.716. The van der Waals surface area contributed by atoms with Crippen LogP contribution in [0.2, 0.25) is 5.02 Å². The zero-order valence-corrected chi connectivity index (χ0v) is 8.20. The molecule has 0 fully saturated rings. The maximum absolute atomic E-state index is 10.7. The molecule has 0 rings (SSSR count). The van der Waals surface area contributed by atoms with E-state index in [0.717, 1.165) is 5.02 Å². The zero-order chi connectivity index (χ0) is 6.57. The quantitative estimate of drug-likeness (QED) is 0.453. The van der Waals surface area contributed by atoms with E-state index in [2.05, 4.69) is 13.5 Å². The van der Waals surface area contributed by atoms with Crippen molar-refractivity contribution in [2.24, 2.45) is 0 Å². The van der Waals surface area contributed by atoms with E-state index in [0.29, 0.717) is 9.95 Å². The van der Waals surface area contributed by atoms with E-state index in [1.54, 1.807) is 6.92 Å². The molecular weight excluding hydrogens is 153 g/mol. The third-order valence-electron chi connectivity index (χ3n) is 0.880. The van der Waals surface area contributed by atoms with Crippen molar-refractivity contribution in [1.82, 2.24) is 0 Å². The van der Waals surface area contributed by atoms with Crippen LogP contribution < -0.4 is 0 Å². The molecule has 2 heteroatoms. The van der Waals surface area contributed by atoms with Crippen LogP contribution in [0.3, 0.4) is 0 Å². The average molecular weight is 163 g/mol. The summed E-state index contributed by atoms with van der Waals surface area (Å²) in [6.45, 7) is 8.94. The van der Waals surface area contributed by atoms with Crippen molar-refractivity contribution < 1.29 is 21.9 Å². The summed E-state index contributed by atoms with van der Waals surface area (Å²) in [6, 6.07) is 0. The van der Waals surface area contributed by atoms with Crippen LogP contribution in [0.4, 0.5) is 0 Å². The molecule has 0 aliphatic rings. The van der Waals surface area contributed by atoms with E-state index >= 15 is 0 Å². The van der Waals surface area contributed by atoms with E-state index in [1.807, 2.05) is 0 Å². The minimum absolute atomic E-state index is 0.313. The summed E-state index contributed by atoms with van der Waals surface area (Å²) < 4.78 is 0.313. The third kappa shape index (κ3) is 3.09. The van der Waals surface area contributed by atoms with E-state index in [9.17, 15) is 4.79 Å². The molecule has 0 aromatic heterocycles. The van der Waals surface area contributed by atoms with E-state index < -0.39 is 17.1 Å². The van der Waals surface area contributed by atoms with Crippen LogP contribution in [-0.4, -0.2) is 4.38 Å². The van der Waals surface area contributed by atoms with Gasteiger partial charge in [0.05, 0.1) is 0 Å². The second kappa shape index (κ2) is 3.97. The fraction of sp³-hybridized carbons (Fsp3) is 0.333. The monoisotopic (exact) mass is 161 g/mol. The molecule has 0 amide bonds. The Kier molecular flexibility index (Phi) is 3.98. The Morgan fingerprint density at radius 2 is 2.25 bits per heavy atom. The molecular formula is C6H9OZn. The van der Waals surface area contributed by atoms with Gasteiger partial charge in [0.1, 0.15) is 0 Å². The van der Waals surface area contributed by atoms with Crippen LogP contribution in [0.5, 0.6) is 0 Å². The van der Waals surface area contributed by atoms with Crippen molar-refractivity contribution in [2.75, 3.05) is 0 Å². The molecule has 1 nitrogen and oxygen atoms in total. The number of hydrogen-bond donors (Lipinski definition) is 0. The number of carbonyl (C=O) groups is 1. The first-order valence-corrected chi connectivity index (χ1v) is 6.24. The molecule has 0 aromatic rings. The van der Waals surface area contributed by atoms with Gasteiger partial charge in [-0.1, -0.05) is 0 Å². The Morgan fingerprint density at radius 1 is 1.75 bits per heavy atom. The van der Waals surface area contributed by atoms with Crippen LogP contribution in [0.1, 0.15) is 6.92 Å². The Labute approximate surface area is 57.8 Å². The van der Waals surface area contributed by atoms with Crippen molar-refractivity contribution >= 4 is 4.38 Å². The molecule has 8 heavy (non-hydrogen) atoms. The molecule has 0 unspecified atom stereocenters. The molecule has 0 atom stereocenters. The van der Waals surface area contributed by atoms with Gasteiger partial charge in [-0.25, -0.2) is 0 Å². The molecule has 0 aliphatic heterocycles. The number of hydrogen-bond acceptors (Lipinski definition) is 1. The summed E-state index contributed by atoms with van der Waals surface area (Å²) in [4.78, 5) is 10.7. The Bertz CT molecular complexity index is 107. The second-order valence-electron chi connectivity index (χ2n) is 1.81. The molecule has 0 N–H and O–H groups in total. The normalized spacial score (nSPS) is 7.75. The van der Waals surface area contributed by atoms with Gasteiger partial charge >= 0.3 is 57.3 Å². The SMILES string of the molecule is [CH2][CH2][Zn][C](=O)C(=C)C. The van der Waals surface area contributed by atoms with Crippen LogP contribution in [0.25, 0.3) is 0 Å². The van der Waals surface area contributed by atoms with Gasteiger partial charge in [0.15, 0.2) is 0 Å². The first-order valence-electron chi connectivity index (χ1n) is 2.66. The second-order valence-corrected chi connectivity index (χ2v) is 5.69. The van der Waals surface area contributed by atoms with Crippen LogP contribution in [-0.2, 0) is 21.9 Å². The average Bonchev–Trinajstić information content (AvgIpc) is 1.67. The first-order chi connectivity index (χ1) is 3.68. The van der Waals surface area contributed by atoms with Gasteiger partial charge in [-0.3, -0.25) is 0 Å². The molecule has 0 saturated heterocycles. The summed E-state index contributed by atoms with van der Waals surface area (Å²) >= 11 is -0.932. The number of allylic oxidation sites excluding steroid dienone is 1. The van der Waals surface area contributed by atoms with Crippen molar-refractivity contribution in [3.63, 3.8) is 0 Å². The van der Waals surface area contributed by atoms with Crippen LogP contribution in [0.15, 0.2) is 12.2 Å². The molecule has 0 heterocycles. The van der Waals surface area contributed by atoms with Crippen molar-refractivity contribution in [3.05, 3.63) is 19.1 Å². The molecule has 0 spiro atoms. The van der Waals surface area contributed by atoms with Crippen LogP contribution >= 0.6 is 0 Å². The standard InChI is InChI=1S/C4H5O.C2H4.Zn/c1-4(2)3-5;1-2;/h1H2,2H3;1-2H2;. The zero-order valence-electron chi connectivity index (χ0n) is 5.24. The van der Waals surface area contributed by atoms with Crippen molar-refractivity contribution in [3.8, 4) is 0 Å². The van der Waals surface area contributed by atoms with Gasteiger partial charge in [-0.15, -0.1) is 0 Å². The first kappa shape index (κ1) is 8.03. The number of rotatable bonds is 3. The van der Waals surface area contributed by atoms with Gasteiger partial charge in [-0.05, 0) is 0 Å². The van der Waals surface area contributed by atoms with Gasteiger partial charge < -0.3 is 0 Å². The van der Waals surface area contributed by atoms with Gasteiger partial charge in [0, 0.05) is 0 Å². The predicted octanol–water partition coefficient (Wildman–Crippen LogP) is 1.42. The van der Waals surface area contributed by atoms with E-state index in [4.69, 9.17) is 0 Å². The fourth-order valence-corrected chi connectivity index (χ4v) is 1.94. The topological polar surface area (TPSA) is 17.1 Å². The summed E-state index contributed by atoms with van der Waals surface area (Å²) in [5, 5.41) is 0.860. The van der Waals surface area contributed by atoms with Gasteiger partial charge in [-0.2, -0.15) is 0 Å². The summed E-state index contributed by atoms with van der Waals surface area (Å²) in [6.07, 6.45) is 0. The predicted molar refractivity (Wildman–Crippen MR) is 30.0 cm³/mol. The van der Waals surface area contributed by atoms with Gasteiger partial charge in [0.25, 0.3) is 0 Å². The number of carbonyl (C=O) groups excluding carboxylic acids is 1. The van der Waals surface area contributed by atoms with E-state index in [1.165, 1.54) is 0 Å². The molecule has 0 aromatic carbocycles. The molecule has 1 radical (unpaired) electrons. The van der Waals surface area contributed by atoms with Crippen molar-refractivity contribution in [2.45, 2.75) is 11.9 Å². The Hall–Kier alpha value is 0.0334. The molecule has 0 saturated carbocycles. The van der Waals surface area contributed by atoms with Crippen molar-refractivity contribution in [1.29, 1.82) is 0 Å². The fourth-order valence-electron chi connectivity index (χ4n) is 0.374.